The van der Waals surface area contributed by atoms with Crippen LogP contribution in [-0.2, 0) is 21.4 Å². The maximum absolute atomic E-state index is 11.4. The van der Waals surface area contributed by atoms with Gasteiger partial charge in [-0.1, -0.05) is 13.8 Å². The number of hydrogen-bond acceptors (Lipinski definition) is 5. The lowest BCUT2D eigenvalue weighted by Gasteiger charge is -2.60. The number of carbonyl (C=O) groups is 1. The zero-order chi connectivity index (χ0) is 19.0. The Balaban J connectivity index is 1.39. The molecule has 0 unspecified atom stereocenters. The standard InChI is InChI=1S/C22H32N2O2S/c1-12(25)26-14-6-8-21(2)13(10-14)4-5-15-16(21)7-9-22(3)17(15)11-18-19(22)24-20(23)27-18/h13-17H,4-11H2,1-3H3,(H2,23,24)/t13-,14-,15+,16-,17-,21-,22-/m0/s1. The molecule has 0 amide bonds. The van der Waals surface area contributed by atoms with Gasteiger partial charge < -0.3 is 10.5 Å². The van der Waals surface area contributed by atoms with E-state index in [0.29, 0.717) is 11.3 Å². The number of aromatic nitrogens is 1. The van der Waals surface area contributed by atoms with Crippen LogP contribution >= 0.6 is 11.3 Å². The van der Waals surface area contributed by atoms with Crippen molar-refractivity contribution in [1.82, 2.24) is 4.98 Å². The van der Waals surface area contributed by atoms with Crippen LogP contribution in [0.25, 0.3) is 0 Å². The molecule has 4 nitrogen and oxygen atoms in total. The molecular weight excluding hydrogens is 356 g/mol. The van der Waals surface area contributed by atoms with Gasteiger partial charge in [-0.3, -0.25) is 4.79 Å². The molecule has 1 heterocycles. The number of ether oxygens (including phenoxy) is 1. The molecule has 0 radical (unpaired) electrons. The first-order valence-electron chi connectivity index (χ1n) is 10.7. The molecule has 27 heavy (non-hydrogen) atoms. The van der Waals surface area contributed by atoms with Crippen molar-refractivity contribution in [2.24, 2.45) is 29.1 Å². The van der Waals surface area contributed by atoms with E-state index in [9.17, 15) is 4.79 Å². The summed E-state index contributed by atoms with van der Waals surface area (Å²) in [5, 5.41) is 0.751. The number of rotatable bonds is 1. The summed E-state index contributed by atoms with van der Waals surface area (Å²) in [5.74, 6) is 2.98. The molecule has 0 aliphatic heterocycles. The van der Waals surface area contributed by atoms with Gasteiger partial charge in [0.05, 0.1) is 5.69 Å². The minimum atomic E-state index is -0.116. The van der Waals surface area contributed by atoms with Crippen molar-refractivity contribution < 1.29 is 9.53 Å². The largest absolute Gasteiger partial charge is 0.463 e. The Hall–Kier alpha value is -1.10. The first-order chi connectivity index (χ1) is 12.8. The Morgan fingerprint density at radius 2 is 2.00 bits per heavy atom. The fourth-order valence-electron chi connectivity index (χ4n) is 7.71. The van der Waals surface area contributed by atoms with Gasteiger partial charge in [-0.25, -0.2) is 4.98 Å². The first kappa shape index (κ1) is 18.0. The lowest BCUT2D eigenvalue weighted by atomic mass is 9.45. The summed E-state index contributed by atoms with van der Waals surface area (Å²) in [4.78, 5) is 17.6. The fourth-order valence-corrected chi connectivity index (χ4v) is 8.73. The highest BCUT2D eigenvalue weighted by Crippen LogP contribution is 2.66. The van der Waals surface area contributed by atoms with E-state index in [2.05, 4.69) is 13.8 Å². The van der Waals surface area contributed by atoms with Crippen LogP contribution in [0, 0.1) is 29.1 Å². The quantitative estimate of drug-likeness (QED) is 0.707. The zero-order valence-electron chi connectivity index (χ0n) is 16.8. The Kier molecular flexibility index (Phi) is 3.96. The van der Waals surface area contributed by atoms with Gasteiger partial charge >= 0.3 is 5.97 Å². The second-order valence-electron chi connectivity index (χ2n) is 10.1. The molecule has 148 valence electrons. The molecule has 4 aliphatic carbocycles. The number of hydrogen-bond donors (Lipinski definition) is 1. The van der Waals surface area contributed by atoms with Crippen molar-refractivity contribution in [3.8, 4) is 0 Å². The minimum absolute atomic E-state index is 0.116. The summed E-state index contributed by atoms with van der Waals surface area (Å²) in [5.41, 5.74) is 8.02. The predicted molar refractivity (Wildman–Crippen MR) is 108 cm³/mol. The Morgan fingerprint density at radius 3 is 2.78 bits per heavy atom. The van der Waals surface area contributed by atoms with Crippen molar-refractivity contribution >= 4 is 22.4 Å². The molecular formula is C22H32N2O2S. The van der Waals surface area contributed by atoms with Crippen LogP contribution in [-0.4, -0.2) is 17.1 Å². The number of anilines is 1. The third kappa shape index (κ3) is 2.53. The molecule has 1 aromatic heterocycles. The average Bonchev–Trinajstić information content (AvgIpc) is 3.10. The molecule has 3 fully saturated rings. The van der Waals surface area contributed by atoms with E-state index < -0.39 is 0 Å². The summed E-state index contributed by atoms with van der Waals surface area (Å²) in [6.07, 6.45) is 9.89. The van der Waals surface area contributed by atoms with Gasteiger partial charge in [-0.15, -0.1) is 11.3 Å². The van der Waals surface area contributed by atoms with Crippen LogP contribution in [0.15, 0.2) is 0 Å². The average molecular weight is 389 g/mol. The molecule has 5 rings (SSSR count). The van der Waals surface area contributed by atoms with E-state index in [0.717, 1.165) is 35.7 Å². The highest BCUT2D eigenvalue weighted by atomic mass is 32.1. The van der Waals surface area contributed by atoms with E-state index in [1.807, 2.05) is 0 Å². The molecule has 0 bridgehead atoms. The molecule has 7 atom stereocenters. The second kappa shape index (κ2) is 5.95. The van der Waals surface area contributed by atoms with E-state index >= 15 is 0 Å². The summed E-state index contributed by atoms with van der Waals surface area (Å²) in [6, 6.07) is 0. The van der Waals surface area contributed by atoms with Crippen molar-refractivity contribution in [3.05, 3.63) is 10.6 Å². The molecule has 3 saturated carbocycles. The van der Waals surface area contributed by atoms with Gasteiger partial charge in [0.1, 0.15) is 6.10 Å². The van der Waals surface area contributed by atoms with Crippen LogP contribution in [0.5, 0.6) is 0 Å². The molecule has 2 N–H and O–H groups in total. The molecule has 0 aromatic carbocycles. The van der Waals surface area contributed by atoms with E-state index in [1.54, 1.807) is 18.3 Å². The van der Waals surface area contributed by atoms with Gasteiger partial charge in [0.15, 0.2) is 5.13 Å². The van der Waals surface area contributed by atoms with E-state index in [1.165, 1.54) is 49.1 Å². The summed E-state index contributed by atoms with van der Waals surface area (Å²) < 4.78 is 5.59. The molecule has 0 spiro atoms. The van der Waals surface area contributed by atoms with Gasteiger partial charge in [0.25, 0.3) is 0 Å². The maximum atomic E-state index is 11.4. The predicted octanol–water partition coefficient (Wildman–Crippen LogP) is 4.71. The first-order valence-corrected chi connectivity index (χ1v) is 11.6. The van der Waals surface area contributed by atoms with Gasteiger partial charge in [-0.05, 0) is 80.5 Å². The van der Waals surface area contributed by atoms with Crippen LogP contribution in [0.4, 0.5) is 5.13 Å². The molecule has 4 aliphatic rings. The molecule has 1 aromatic rings. The van der Waals surface area contributed by atoms with Crippen molar-refractivity contribution in [3.63, 3.8) is 0 Å². The third-order valence-electron chi connectivity index (χ3n) is 9.00. The monoisotopic (exact) mass is 388 g/mol. The number of carbonyl (C=O) groups excluding carboxylic acids is 1. The van der Waals surface area contributed by atoms with E-state index in [-0.39, 0.29) is 17.5 Å². The van der Waals surface area contributed by atoms with Crippen molar-refractivity contribution in [2.45, 2.75) is 83.7 Å². The number of nitrogens with two attached hydrogens (primary N) is 1. The lowest BCUT2D eigenvalue weighted by molar-refractivity contribution is -0.157. The van der Waals surface area contributed by atoms with Crippen LogP contribution < -0.4 is 5.73 Å². The highest BCUT2D eigenvalue weighted by Gasteiger charge is 2.60. The summed E-state index contributed by atoms with van der Waals surface area (Å²) >= 11 is 1.73. The topological polar surface area (TPSA) is 65.2 Å². The zero-order valence-corrected chi connectivity index (χ0v) is 17.6. The Morgan fingerprint density at radius 1 is 1.19 bits per heavy atom. The van der Waals surface area contributed by atoms with Crippen LogP contribution in [0.1, 0.15) is 76.3 Å². The Labute approximate surface area is 166 Å². The fraction of sp³-hybridized carbons (Fsp3) is 0.818. The number of nitrogen functional groups attached to an aromatic ring is 1. The third-order valence-corrected chi connectivity index (χ3v) is 9.91. The van der Waals surface area contributed by atoms with Crippen molar-refractivity contribution in [2.75, 3.05) is 5.73 Å². The highest BCUT2D eigenvalue weighted by molar-refractivity contribution is 7.15. The Bertz CT molecular complexity index is 776. The lowest BCUT2D eigenvalue weighted by Crippen LogP contribution is -2.54. The van der Waals surface area contributed by atoms with Crippen LogP contribution in [0.3, 0.4) is 0 Å². The number of esters is 1. The van der Waals surface area contributed by atoms with Crippen LogP contribution in [0.2, 0.25) is 0 Å². The maximum Gasteiger partial charge on any atom is 0.302 e. The van der Waals surface area contributed by atoms with E-state index in [4.69, 9.17) is 15.5 Å². The SMILES string of the molecule is CC(=O)O[C@H]1CC[C@@]2(C)[C@@H](CC[C@@H]3[C@@H]2CC[C@]2(C)c4nc(N)sc4C[C@@H]32)C1. The smallest absolute Gasteiger partial charge is 0.302 e. The molecule has 5 heteroatoms. The number of fused-ring (bicyclic) bond motifs is 7. The summed E-state index contributed by atoms with van der Waals surface area (Å²) in [7, 11) is 0. The van der Waals surface area contributed by atoms with Gasteiger partial charge in [0.2, 0.25) is 0 Å². The van der Waals surface area contributed by atoms with Crippen molar-refractivity contribution in [1.29, 1.82) is 0 Å². The minimum Gasteiger partial charge on any atom is -0.463 e. The molecule has 0 saturated heterocycles. The second-order valence-corrected chi connectivity index (χ2v) is 11.3. The number of nitrogens with zero attached hydrogens (tertiary/aromatic N) is 1. The van der Waals surface area contributed by atoms with Gasteiger partial charge in [-0.2, -0.15) is 0 Å². The normalized spacial score (nSPS) is 45.4. The summed E-state index contributed by atoms with van der Waals surface area (Å²) in [6.45, 7) is 6.57. The van der Waals surface area contributed by atoms with Gasteiger partial charge in [0, 0.05) is 17.2 Å². The number of thiazole rings is 1.